The maximum atomic E-state index is 12.2. The molecule has 0 aliphatic carbocycles. The minimum Gasteiger partial charge on any atom is -0.370 e. The third kappa shape index (κ3) is 3.43. The quantitative estimate of drug-likeness (QED) is 0.582. The van der Waals surface area contributed by atoms with E-state index < -0.39 is 0 Å². The van der Waals surface area contributed by atoms with E-state index in [9.17, 15) is 9.59 Å². The number of hydrogen-bond acceptors (Lipinski definition) is 4. The Kier molecular flexibility index (Phi) is 4.54. The largest absolute Gasteiger partial charge is 0.370 e. The summed E-state index contributed by atoms with van der Waals surface area (Å²) in [5.41, 5.74) is 5.20. The molecule has 4 N–H and O–H groups in total. The second kappa shape index (κ2) is 6.15. The highest BCUT2D eigenvalue weighted by molar-refractivity contribution is 5.82. The van der Waals surface area contributed by atoms with Crippen LogP contribution < -0.4 is 16.4 Å². The van der Waals surface area contributed by atoms with Crippen LogP contribution in [0.4, 0.5) is 0 Å². The number of primary amides is 1. The van der Waals surface area contributed by atoms with Crippen molar-refractivity contribution in [3.8, 4) is 0 Å². The van der Waals surface area contributed by atoms with Crippen LogP contribution in [-0.2, 0) is 9.59 Å². The van der Waals surface area contributed by atoms with Crippen molar-refractivity contribution in [2.45, 2.75) is 25.3 Å². The molecule has 2 heterocycles. The van der Waals surface area contributed by atoms with Crippen LogP contribution in [0.15, 0.2) is 0 Å². The lowest BCUT2D eigenvalue weighted by molar-refractivity contribution is -0.135. The molecular weight excluding hydrogens is 232 g/mol. The van der Waals surface area contributed by atoms with Crippen LogP contribution in [0.2, 0.25) is 0 Å². The number of likely N-dealkylation sites (tertiary alicyclic amines) is 1. The van der Waals surface area contributed by atoms with Gasteiger partial charge in [0, 0.05) is 39.1 Å². The maximum Gasteiger partial charge on any atom is 0.241 e. The van der Waals surface area contributed by atoms with Crippen molar-refractivity contribution in [3.63, 3.8) is 0 Å². The summed E-state index contributed by atoms with van der Waals surface area (Å²) in [6.07, 6.45) is 2.22. The third-order valence-electron chi connectivity index (χ3n) is 3.76. The average molecular weight is 254 g/mol. The third-order valence-corrected chi connectivity index (χ3v) is 3.76. The Bertz CT molecular complexity index is 307. The van der Waals surface area contributed by atoms with Crippen molar-refractivity contribution < 1.29 is 9.59 Å². The molecule has 0 spiro atoms. The molecule has 0 radical (unpaired) electrons. The van der Waals surface area contributed by atoms with Crippen molar-refractivity contribution in [3.05, 3.63) is 0 Å². The minimum atomic E-state index is -0.238. The number of amides is 2. The van der Waals surface area contributed by atoms with Crippen molar-refractivity contribution >= 4 is 11.8 Å². The molecule has 18 heavy (non-hydrogen) atoms. The van der Waals surface area contributed by atoms with E-state index in [2.05, 4.69) is 10.6 Å². The number of nitrogens with two attached hydrogens (primary N) is 1. The van der Waals surface area contributed by atoms with E-state index in [-0.39, 0.29) is 17.9 Å². The predicted molar refractivity (Wildman–Crippen MR) is 67.8 cm³/mol. The summed E-state index contributed by atoms with van der Waals surface area (Å²) in [7, 11) is 0. The number of nitrogens with zero attached hydrogens (tertiary/aromatic N) is 1. The Hall–Kier alpha value is -1.14. The zero-order chi connectivity index (χ0) is 13.0. The Balaban J connectivity index is 1.78. The first-order chi connectivity index (χ1) is 8.66. The SMILES string of the molecule is NC(=O)CC1CCN(C(=O)C2CNCCN2)CC1. The minimum absolute atomic E-state index is 0.0913. The predicted octanol–water partition coefficient (Wildman–Crippen LogP) is -1.34. The fourth-order valence-corrected chi connectivity index (χ4v) is 2.69. The Morgan fingerprint density at radius 2 is 1.94 bits per heavy atom. The van der Waals surface area contributed by atoms with E-state index in [1.54, 1.807) is 0 Å². The number of hydrogen-bond donors (Lipinski definition) is 3. The van der Waals surface area contributed by atoms with Crippen molar-refractivity contribution in [2.24, 2.45) is 11.7 Å². The van der Waals surface area contributed by atoms with E-state index in [1.807, 2.05) is 4.90 Å². The highest BCUT2D eigenvalue weighted by atomic mass is 16.2. The normalized spacial score (nSPS) is 26.0. The van der Waals surface area contributed by atoms with Crippen LogP contribution in [0.25, 0.3) is 0 Å². The molecule has 0 bridgehead atoms. The molecule has 6 nitrogen and oxygen atoms in total. The first-order valence-electron chi connectivity index (χ1n) is 6.68. The first kappa shape index (κ1) is 13.3. The molecule has 6 heteroatoms. The monoisotopic (exact) mass is 254 g/mol. The summed E-state index contributed by atoms with van der Waals surface area (Å²) in [6, 6.07) is -0.0913. The van der Waals surface area contributed by atoms with Gasteiger partial charge in [-0.15, -0.1) is 0 Å². The number of piperazine rings is 1. The highest BCUT2D eigenvalue weighted by Crippen LogP contribution is 2.20. The average Bonchev–Trinajstić information content (AvgIpc) is 2.39. The molecule has 0 aromatic rings. The summed E-state index contributed by atoms with van der Waals surface area (Å²) < 4.78 is 0. The van der Waals surface area contributed by atoms with E-state index in [0.29, 0.717) is 18.9 Å². The highest BCUT2D eigenvalue weighted by Gasteiger charge is 2.29. The Labute approximate surface area is 107 Å². The zero-order valence-corrected chi connectivity index (χ0v) is 10.7. The molecule has 1 unspecified atom stereocenters. The molecule has 0 saturated carbocycles. The molecule has 1 atom stereocenters. The standard InChI is InChI=1S/C12H22N4O2/c13-11(17)7-9-1-5-16(6-2-9)12(18)10-8-14-3-4-15-10/h9-10,14-15H,1-8H2,(H2,13,17). The van der Waals surface area contributed by atoms with Crippen LogP contribution in [0.3, 0.4) is 0 Å². The van der Waals surface area contributed by atoms with Crippen LogP contribution in [0.1, 0.15) is 19.3 Å². The fourth-order valence-electron chi connectivity index (χ4n) is 2.69. The van der Waals surface area contributed by atoms with Crippen molar-refractivity contribution in [1.82, 2.24) is 15.5 Å². The lowest BCUT2D eigenvalue weighted by atomic mass is 9.93. The second-order valence-electron chi connectivity index (χ2n) is 5.15. The Morgan fingerprint density at radius 1 is 1.22 bits per heavy atom. The molecule has 2 saturated heterocycles. The van der Waals surface area contributed by atoms with E-state index in [4.69, 9.17) is 5.73 Å². The first-order valence-corrected chi connectivity index (χ1v) is 6.68. The van der Waals surface area contributed by atoms with Crippen molar-refractivity contribution in [2.75, 3.05) is 32.7 Å². The van der Waals surface area contributed by atoms with Gasteiger partial charge in [0.25, 0.3) is 0 Å². The van der Waals surface area contributed by atoms with Crippen LogP contribution >= 0.6 is 0 Å². The summed E-state index contributed by atoms with van der Waals surface area (Å²) >= 11 is 0. The molecule has 2 fully saturated rings. The van der Waals surface area contributed by atoms with Gasteiger partial charge < -0.3 is 21.3 Å². The Morgan fingerprint density at radius 3 is 2.50 bits per heavy atom. The maximum absolute atomic E-state index is 12.2. The molecule has 0 aromatic heterocycles. The van der Waals surface area contributed by atoms with Gasteiger partial charge in [-0.25, -0.2) is 0 Å². The number of carbonyl (C=O) groups is 2. The van der Waals surface area contributed by atoms with Crippen LogP contribution in [0, 0.1) is 5.92 Å². The molecule has 102 valence electrons. The number of piperidine rings is 1. The van der Waals surface area contributed by atoms with E-state index >= 15 is 0 Å². The number of rotatable bonds is 3. The van der Waals surface area contributed by atoms with Gasteiger partial charge in [0.1, 0.15) is 0 Å². The van der Waals surface area contributed by atoms with Gasteiger partial charge in [-0.2, -0.15) is 0 Å². The van der Waals surface area contributed by atoms with Gasteiger partial charge in [0.05, 0.1) is 6.04 Å². The number of nitrogens with one attached hydrogen (secondary N) is 2. The van der Waals surface area contributed by atoms with Gasteiger partial charge in [-0.3, -0.25) is 9.59 Å². The van der Waals surface area contributed by atoms with Crippen molar-refractivity contribution in [1.29, 1.82) is 0 Å². The van der Waals surface area contributed by atoms with Crippen LogP contribution in [0.5, 0.6) is 0 Å². The van der Waals surface area contributed by atoms with Gasteiger partial charge >= 0.3 is 0 Å². The summed E-state index contributed by atoms with van der Waals surface area (Å²) in [4.78, 5) is 25.0. The summed E-state index contributed by atoms with van der Waals surface area (Å²) in [6.45, 7) is 3.96. The van der Waals surface area contributed by atoms with Gasteiger partial charge in [-0.05, 0) is 18.8 Å². The second-order valence-corrected chi connectivity index (χ2v) is 5.15. The molecule has 2 amide bonds. The number of carbonyl (C=O) groups excluding carboxylic acids is 2. The molecule has 2 aliphatic rings. The zero-order valence-electron chi connectivity index (χ0n) is 10.7. The van der Waals surface area contributed by atoms with Gasteiger partial charge in [-0.1, -0.05) is 0 Å². The topological polar surface area (TPSA) is 87.5 Å². The summed E-state index contributed by atoms with van der Waals surface area (Å²) in [5, 5.41) is 6.45. The lowest BCUT2D eigenvalue weighted by Crippen LogP contribution is -2.57. The molecule has 2 aliphatic heterocycles. The lowest BCUT2D eigenvalue weighted by Gasteiger charge is -2.35. The summed E-state index contributed by atoms with van der Waals surface area (Å²) in [5.74, 6) is 0.293. The van der Waals surface area contributed by atoms with Gasteiger partial charge in [0.2, 0.25) is 11.8 Å². The molecule has 0 aromatic carbocycles. The van der Waals surface area contributed by atoms with Gasteiger partial charge in [0.15, 0.2) is 0 Å². The van der Waals surface area contributed by atoms with E-state index in [1.165, 1.54) is 0 Å². The smallest absolute Gasteiger partial charge is 0.241 e. The van der Waals surface area contributed by atoms with Crippen LogP contribution in [-0.4, -0.2) is 55.5 Å². The fraction of sp³-hybridized carbons (Fsp3) is 0.833. The molecular formula is C12H22N4O2. The van der Waals surface area contributed by atoms with E-state index in [0.717, 1.165) is 39.0 Å². The molecule has 2 rings (SSSR count).